The Morgan fingerprint density at radius 2 is 2.00 bits per heavy atom. The fourth-order valence-electron chi connectivity index (χ4n) is 2.03. The van der Waals surface area contributed by atoms with Crippen molar-refractivity contribution in [2.75, 3.05) is 5.32 Å². The summed E-state index contributed by atoms with van der Waals surface area (Å²) in [5, 5.41) is 2.17. The first-order valence-electron chi connectivity index (χ1n) is 6.75. The van der Waals surface area contributed by atoms with Crippen molar-refractivity contribution in [2.45, 2.75) is 44.8 Å². The molecule has 1 saturated carbocycles. The number of nitrogens with zero attached hydrogens (tertiary/aromatic N) is 1. The molecule has 0 saturated heterocycles. The number of aliphatic imine (C=N–C) groups is 1. The average molecular weight is 310 g/mol. The molecule has 0 radical (unpaired) electrons. The van der Waals surface area contributed by atoms with Crippen molar-refractivity contribution in [1.82, 2.24) is 0 Å². The summed E-state index contributed by atoms with van der Waals surface area (Å²) in [7, 11) is 0. The molecule has 0 spiro atoms. The highest BCUT2D eigenvalue weighted by atomic mass is 19.2. The number of nitrogens with one attached hydrogen (secondary N) is 1. The zero-order chi connectivity index (χ0) is 16.5. The molecule has 1 aromatic rings. The van der Waals surface area contributed by atoms with Gasteiger partial charge in [-0.2, -0.15) is 4.99 Å². The van der Waals surface area contributed by atoms with E-state index in [-0.39, 0.29) is 5.69 Å². The van der Waals surface area contributed by atoms with Crippen LogP contribution in [0.25, 0.3) is 0 Å². The minimum absolute atomic E-state index is 0.320. The third-order valence-corrected chi connectivity index (χ3v) is 3.18. The van der Waals surface area contributed by atoms with E-state index in [0.717, 1.165) is 6.07 Å². The Balaban J connectivity index is 2.30. The Labute approximate surface area is 126 Å². The molecule has 1 aliphatic rings. The maximum absolute atomic E-state index is 13.8. The summed E-state index contributed by atoms with van der Waals surface area (Å²) in [4.78, 5) is 25.8. The van der Waals surface area contributed by atoms with Crippen molar-refractivity contribution < 1.29 is 23.1 Å². The highest BCUT2D eigenvalue weighted by Crippen LogP contribution is 2.50. The van der Waals surface area contributed by atoms with Gasteiger partial charge in [0.15, 0.2) is 11.6 Å². The number of carbonyl (C=O) groups is 1. The summed E-state index contributed by atoms with van der Waals surface area (Å²) in [6, 6.07) is 2.24. The predicted molar refractivity (Wildman–Crippen MR) is 75.2 cm³/mol. The van der Waals surface area contributed by atoms with Crippen LogP contribution in [0, 0.1) is 11.6 Å². The standard InChI is InChI=1S/C15H16F2N2O3/c1-14(2,3)22-13(21)19-11-7-9(6-10(16)12(11)17)15(4-5-15)18-8-20/h6-7H,4-5H2,1-3H3,(H,19,21). The van der Waals surface area contributed by atoms with Crippen molar-refractivity contribution in [3.05, 3.63) is 29.3 Å². The van der Waals surface area contributed by atoms with Gasteiger partial charge in [-0.1, -0.05) is 0 Å². The number of rotatable bonds is 3. The van der Waals surface area contributed by atoms with Gasteiger partial charge in [0.05, 0.1) is 11.2 Å². The number of hydrogen-bond donors (Lipinski definition) is 1. The van der Waals surface area contributed by atoms with Crippen molar-refractivity contribution in [3.8, 4) is 0 Å². The fraction of sp³-hybridized carbons (Fsp3) is 0.467. The molecule has 1 aliphatic carbocycles. The van der Waals surface area contributed by atoms with Crippen LogP contribution in [0.4, 0.5) is 19.3 Å². The number of amides is 1. The molecule has 1 N–H and O–H groups in total. The third kappa shape index (κ3) is 3.49. The van der Waals surface area contributed by atoms with Crippen LogP contribution in [0.3, 0.4) is 0 Å². The first-order chi connectivity index (χ1) is 10.2. The Morgan fingerprint density at radius 1 is 1.36 bits per heavy atom. The maximum atomic E-state index is 13.8. The lowest BCUT2D eigenvalue weighted by atomic mass is 10.0. The van der Waals surface area contributed by atoms with Crippen molar-refractivity contribution in [2.24, 2.45) is 4.99 Å². The lowest BCUT2D eigenvalue weighted by Crippen LogP contribution is -2.27. The number of hydrogen-bond acceptors (Lipinski definition) is 4. The molecule has 7 heteroatoms. The summed E-state index contributed by atoms with van der Waals surface area (Å²) in [6.45, 7) is 4.95. The Bertz CT molecular complexity index is 657. The van der Waals surface area contributed by atoms with E-state index in [1.54, 1.807) is 20.8 Å². The first-order valence-corrected chi connectivity index (χ1v) is 6.75. The smallest absolute Gasteiger partial charge is 0.412 e. The molecule has 22 heavy (non-hydrogen) atoms. The quantitative estimate of drug-likeness (QED) is 0.684. The number of benzene rings is 1. The van der Waals surface area contributed by atoms with Gasteiger partial charge in [-0.15, -0.1) is 0 Å². The SMILES string of the molecule is CC(C)(C)OC(=O)Nc1cc(C2(N=C=O)CC2)cc(F)c1F. The van der Waals surface area contributed by atoms with Crippen LogP contribution in [0.15, 0.2) is 17.1 Å². The van der Waals surface area contributed by atoms with E-state index >= 15 is 0 Å². The molecule has 118 valence electrons. The maximum Gasteiger partial charge on any atom is 0.412 e. The number of ether oxygens (including phenoxy) is 1. The normalized spacial score (nSPS) is 15.7. The van der Waals surface area contributed by atoms with E-state index in [1.807, 2.05) is 0 Å². The highest BCUT2D eigenvalue weighted by molar-refractivity contribution is 5.85. The van der Waals surface area contributed by atoms with Gasteiger partial charge in [0.1, 0.15) is 5.60 Å². The second-order valence-electron chi connectivity index (χ2n) is 6.18. The average Bonchev–Trinajstić information content (AvgIpc) is 3.13. The van der Waals surface area contributed by atoms with Gasteiger partial charge in [-0.3, -0.25) is 5.32 Å². The van der Waals surface area contributed by atoms with Gasteiger partial charge in [-0.25, -0.2) is 18.4 Å². The van der Waals surface area contributed by atoms with Gasteiger partial charge < -0.3 is 4.74 Å². The minimum Gasteiger partial charge on any atom is -0.444 e. The van der Waals surface area contributed by atoms with Gasteiger partial charge in [0.2, 0.25) is 6.08 Å². The highest BCUT2D eigenvalue weighted by Gasteiger charge is 2.45. The van der Waals surface area contributed by atoms with Gasteiger partial charge in [0, 0.05) is 0 Å². The molecule has 1 fully saturated rings. The molecule has 1 amide bonds. The molecule has 0 atom stereocenters. The minimum atomic E-state index is -1.19. The van der Waals surface area contributed by atoms with Crippen LogP contribution >= 0.6 is 0 Å². The number of halogens is 2. The zero-order valence-corrected chi connectivity index (χ0v) is 12.5. The number of isocyanates is 1. The van der Waals surface area contributed by atoms with E-state index in [9.17, 15) is 18.4 Å². The first kappa shape index (κ1) is 16.1. The topological polar surface area (TPSA) is 67.8 Å². The molecule has 5 nitrogen and oxygen atoms in total. The Morgan fingerprint density at radius 3 is 2.50 bits per heavy atom. The lowest BCUT2D eigenvalue weighted by molar-refractivity contribution is 0.0635. The summed E-state index contributed by atoms with van der Waals surface area (Å²) >= 11 is 0. The molecule has 0 unspecified atom stereocenters. The zero-order valence-electron chi connectivity index (χ0n) is 12.5. The fourth-order valence-corrected chi connectivity index (χ4v) is 2.03. The molecular formula is C15H16F2N2O3. The largest absolute Gasteiger partial charge is 0.444 e. The predicted octanol–water partition coefficient (Wildman–Crippen LogP) is 3.64. The monoisotopic (exact) mass is 310 g/mol. The molecular weight excluding hydrogens is 294 g/mol. The van der Waals surface area contributed by atoms with Crippen LogP contribution in [-0.4, -0.2) is 17.8 Å². The van der Waals surface area contributed by atoms with E-state index in [2.05, 4.69) is 10.3 Å². The van der Waals surface area contributed by atoms with Crippen LogP contribution in [0.5, 0.6) is 0 Å². The number of anilines is 1. The van der Waals surface area contributed by atoms with E-state index < -0.39 is 28.9 Å². The molecule has 0 bridgehead atoms. The Hall–Kier alpha value is -2.27. The summed E-state index contributed by atoms with van der Waals surface area (Å²) in [5.41, 5.74) is -1.66. The van der Waals surface area contributed by atoms with Crippen molar-refractivity contribution in [1.29, 1.82) is 0 Å². The molecule has 0 aliphatic heterocycles. The lowest BCUT2D eigenvalue weighted by Gasteiger charge is -2.20. The molecule has 2 rings (SSSR count). The Kier molecular flexibility index (Phi) is 4.02. The third-order valence-electron chi connectivity index (χ3n) is 3.18. The molecule has 0 aromatic heterocycles. The van der Waals surface area contributed by atoms with Gasteiger partial charge in [0.25, 0.3) is 0 Å². The van der Waals surface area contributed by atoms with E-state index in [4.69, 9.17) is 4.74 Å². The van der Waals surface area contributed by atoms with Gasteiger partial charge in [-0.05, 0) is 51.3 Å². The molecule has 0 heterocycles. The molecule has 1 aromatic carbocycles. The second-order valence-corrected chi connectivity index (χ2v) is 6.18. The summed E-state index contributed by atoms with van der Waals surface area (Å²) in [5.74, 6) is -2.32. The van der Waals surface area contributed by atoms with Gasteiger partial charge >= 0.3 is 6.09 Å². The second kappa shape index (κ2) is 5.50. The van der Waals surface area contributed by atoms with Crippen LogP contribution in [-0.2, 0) is 15.1 Å². The van der Waals surface area contributed by atoms with Crippen LogP contribution in [0.1, 0.15) is 39.2 Å². The van der Waals surface area contributed by atoms with Crippen LogP contribution in [0.2, 0.25) is 0 Å². The summed E-state index contributed by atoms with van der Waals surface area (Å²) < 4.78 is 32.5. The number of carbonyl (C=O) groups excluding carboxylic acids is 2. The van der Waals surface area contributed by atoms with E-state index in [1.165, 1.54) is 12.1 Å². The van der Waals surface area contributed by atoms with E-state index in [0.29, 0.717) is 18.4 Å². The van der Waals surface area contributed by atoms with Crippen molar-refractivity contribution in [3.63, 3.8) is 0 Å². The van der Waals surface area contributed by atoms with Crippen molar-refractivity contribution >= 4 is 17.9 Å². The summed E-state index contributed by atoms with van der Waals surface area (Å²) in [6.07, 6.45) is 1.63. The van der Waals surface area contributed by atoms with Crippen LogP contribution < -0.4 is 5.32 Å².